The Bertz CT molecular complexity index is 778. The molecular weight excluding hydrogens is 302 g/mol. The number of nitro benzene ring substituents is 1. The Morgan fingerprint density at radius 1 is 1.45 bits per heavy atom. The highest BCUT2D eigenvalue weighted by atomic mass is 32.2. The molecule has 0 saturated carbocycles. The van der Waals surface area contributed by atoms with Crippen molar-refractivity contribution in [2.45, 2.75) is 16.0 Å². The third-order valence-corrected chi connectivity index (χ3v) is 6.90. The molecule has 0 radical (unpaired) electrons. The molecule has 0 amide bonds. The minimum Gasteiger partial charge on any atom is -0.315 e. The van der Waals surface area contributed by atoms with E-state index in [1.165, 1.54) is 18.2 Å². The smallest absolute Gasteiger partial charge is 0.271 e. The monoisotopic (exact) mass is 313 g/mol. The van der Waals surface area contributed by atoms with Crippen LogP contribution in [0.4, 0.5) is 5.69 Å². The highest BCUT2D eigenvalue weighted by Gasteiger charge is 2.33. The maximum absolute atomic E-state index is 12.4. The average Bonchev–Trinajstić information content (AvgIpc) is 3.07. The Morgan fingerprint density at radius 2 is 2.25 bits per heavy atom. The van der Waals surface area contributed by atoms with Crippen molar-refractivity contribution in [1.29, 1.82) is 0 Å². The molecule has 20 heavy (non-hydrogen) atoms. The number of fused-ring (bicyclic) bond motifs is 1. The van der Waals surface area contributed by atoms with Gasteiger partial charge in [0.05, 0.1) is 20.4 Å². The second-order valence-electron chi connectivity index (χ2n) is 4.55. The summed E-state index contributed by atoms with van der Waals surface area (Å²) in [5.74, 6) is 0. The molecular formula is C11H11N3O4S2. The zero-order valence-corrected chi connectivity index (χ0v) is 11.9. The number of hydrogen-bond donors (Lipinski definition) is 1. The van der Waals surface area contributed by atoms with Gasteiger partial charge in [-0.25, -0.2) is 13.4 Å². The molecule has 3 rings (SSSR count). The molecule has 1 aliphatic heterocycles. The minimum absolute atomic E-state index is 0.0432. The zero-order valence-electron chi connectivity index (χ0n) is 10.3. The van der Waals surface area contributed by atoms with E-state index in [0.717, 1.165) is 11.3 Å². The Kier molecular flexibility index (Phi) is 3.19. The fourth-order valence-corrected chi connectivity index (χ4v) is 5.26. The van der Waals surface area contributed by atoms with Crippen LogP contribution in [0, 0.1) is 10.1 Å². The molecule has 1 fully saturated rings. The summed E-state index contributed by atoms with van der Waals surface area (Å²) in [7, 11) is -3.46. The van der Waals surface area contributed by atoms with Crippen molar-refractivity contribution in [3.8, 4) is 0 Å². The molecule has 2 heterocycles. The largest absolute Gasteiger partial charge is 0.315 e. The van der Waals surface area contributed by atoms with Crippen molar-refractivity contribution in [2.75, 3.05) is 13.1 Å². The van der Waals surface area contributed by atoms with Crippen molar-refractivity contribution in [2.24, 2.45) is 0 Å². The number of nitro groups is 1. The van der Waals surface area contributed by atoms with E-state index in [2.05, 4.69) is 10.3 Å². The number of nitrogens with one attached hydrogen (secondary N) is 1. The molecule has 0 bridgehead atoms. The van der Waals surface area contributed by atoms with Crippen LogP contribution in [0.15, 0.2) is 22.5 Å². The lowest BCUT2D eigenvalue weighted by Crippen LogP contribution is -2.23. The number of aromatic nitrogens is 1. The van der Waals surface area contributed by atoms with Crippen LogP contribution in [0.2, 0.25) is 0 Å². The Labute approximate surface area is 118 Å². The normalized spacial score (nSPS) is 19.5. The standard InChI is InChI=1S/C11H11N3O4S2/c15-14(16)7-1-2-10-9(5-7)13-11(19-10)20(17,18)8-3-4-12-6-8/h1-2,5,8,12H,3-4,6H2/t8-/m0/s1. The van der Waals surface area contributed by atoms with Crippen molar-refractivity contribution in [3.05, 3.63) is 28.3 Å². The van der Waals surface area contributed by atoms with E-state index in [-0.39, 0.29) is 10.0 Å². The van der Waals surface area contributed by atoms with Crippen LogP contribution in [0.1, 0.15) is 6.42 Å². The van der Waals surface area contributed by atoms with E-state index >= 15 is 0 Å². The van der Waals surface area contributed by atoms with Gasteiger partial charge in [-0.15, -0.1) is 11.3 Å². The maximum Gasteiger partial charge on any atom is 0.271 e. The molecule has 2 aromatic rings. The first-order valence-electron chi connectivity index (χ1n) is 5.98. The van der Waals surface area contributed by atoms with E-state index < -0.39 is 20.0 Å². The zero-order chi connectivity index (χ0) is 14.3. The first-order chi connectivity index (χ1) is 9.48. The molecule has 1 atom stereocenters. The summed E-state index contributed by atoms with van der Waals surface area (Å²) < 4.78 is 25.5. The van der Waals surface area contributed by atoms with Gasteiger partial charge < -0.3 is 5.32 Å². The number of sulfone groups is 1. The van der Waals surface area contributed by atoms with Gasteiger partial charge in [0.15, 0.2) is 0 Å². The molecule has 1 N–H and O–H groups in total. The molecule has 1 aromatic heterocycles. The van der Waals surface area contributed by atoms with Gasteiger partial charge in [0.25, 0.3) is 5.69 Å². The van der Waals surface area contributed by atoms with Gasteiger partial charge in [-0.1, -0.05) is 0 Å². The molecule has 0 aliphatic carbocycles. The number of benzene rings is 1. The van der Waals surface area contributed by atoms with Crippen LogP contribution < -0.4 is 5.32 Å². The van der Waals surface area contributed by atoms with Crippen molar-refractivity contribution in [1.82, 2.24) is 10.3 Å². The van der Waals surface area contributed by atoms with Crippen molar-refractivity contribution in [3.63, 3.8) is 0 Å². The van der Waals surface area contributed by atoms with E-state index in [9.17, 15) is 18.5 Å². The van der Waals surface area contributed by atoms with Crippen LogP contribution in [0.5, 0.6) is 0 Å². The third kappa shape index (κ3) is 2.17. The van der Waals surface area contributed by atoms with Gasteiger partial charge in [-0.05, 0) is 19.0 Å². The Hall–Kier alpha value is -1.58. The quantitative estimate of drug-likeness (QED) is 0.677. The summed E-state index contributed by atoms with van der Waals surface area (Å²) in [6.45, 7) is 1.11. The fourth-order valence-electron chi connectivity index (χ4n) is 2.17. The van der Waals surface area contributed by atoms with Gasteiger partial charge in [0, 0.05) is 18.7 Å². The second kappa shape index (κ2) is 4.76. The van der Waals surface area contributed by atoms with Gasteiger partial charge in [-0.2, -0.15) is 0 Å². The Morgan fingerprint density at radius 3 is 2.90 bits per heavy atom. The molecule has 7 nitrogen and oxygen atoms in total. The second-order valence-corrected chi connectivity index (χ2v) is 7.98. The summed E-state index contributed by atoms with van der Waals surface area (Å²) in [4.78, 5) is 14.3. The first-order valence-corrected chi connectivity index (χ1v) is 8.34. The lowest BCUT2D eigenvalue weighted by Gasteiger charge is -2.06. The lowest BCUT2D eigenvalue weighted by atomic mass is 10.3. The number of hydrogen-bond acceptors (Lipinski definition) is 7. The molecule has 0 spiro atoms. The summed E-state index contributed by atoms with van der Waals surface area (Å²) in [5, 5.41) is 13.3. The first kappa shape index (κ1) is 13.4. The van der Waals surface area contributed by atoms with Gasteiger partial charge in [0.1, 0.15) is 0 Å². The van der Waals surface area contributed by atoms with Crippen LogP contribution in [0.3, 0.4) is 0 Å². The number of rotatable bonds is 3. The topological polar surface area (TPSA) is 102 Å². The molecule has 9 heteroatoms. The maximum atomic E-state index is 12.4. The SMILES string of the molecule is O=[N+]([O-])c1ccc2sc(S(=O)(=O)[C@H]3CCNC3)nc2c1. The molecule has 1 aromatic carbocycles. The van der Waals surface area contributed by atoms with Gasteiger partial charge >= 0.3 is 0 Å². The molecule has 106 valence electrons. The van der Waals surface area contributed by atoms with Crippen LogP contribution in [-0.4, -0.2) is 36.7 Å². The van der Waals surface area contributed by atoms with E-state index in [1.807, 2.05) is 0 Å². The molecule has 0 unspecified atom stereocenters. The minimum atomic E-state index is -3.46. The number of non-ortho nitro benzene ring substituents is 1. The highest BCUT2D eigenvalue weighted by molar-refractivity contribution is 7.94. The van der Waals surface area contributed by atoms with Crippen molar-refractivity contribution >= 4 is 37.1 Å². The Balaban J connectivity index is 2.06. The average molecular weight is 313 g/mol. The summed E-state index contributed by atoms with van der Waals surface area (Å²) in [6, 6.07) is 4.20. The fraction of sp³-hybridized carbons (Fsp3) is 0.364. The van der Waals surface area contributed by atoms with E-state index in [1.54, 1.807) is 0 Å². The lowest BCUT2D eigenvalue weighted by molar-refractivity contribution is -0.384. The van der Waals surface area contributed by atoms with Gasteiger partial charge in [0.2, 0.25) is 14.2 Å². The predicted molar refractivity (Wildman–Crippen MR) is 74.7 cm³/mol. The molecule has 1 aliphatic rings. The third-order valence-electron chi connectivity index (χ3n) is 3.26. The van der Waals surface area contributed by atoms with Gasteiger partial charge in [-0.3, -0.25) is 10.1 Å². The summed E-state index contributed by atoms with van der Waals surface area (Å²) >= 11 is 1.06. The van der Waals surface area contributed by atoms with Crippen LogP contribution >= 0.6 is 11.3 Å². The van der Waals surface area contributed by atoms with Crippen LogP contribution in [-0.2, 0) is 9.84 Å². The summed E-state index contributed by atoms with van der Waals surface area (Å²) in [6.07, 6.45) is 0.568. The van der Waals surface area contributed by atoms with E-state index in [0.29, 0.717) is 29.7 Å². The number of thiazole rings is 1. The number of nitrogens with zero attached hydrogens (tertiary/aromatic N) is 2. The van der Waals surface area contributed by atoms with E-state index in [4.69, 9.17) is 0 Å². The van der Waals surface area contributed by atoms with Crippen molar-refractivity contribution < 1.29 is 13.3 Å². The summed E-state index contributed by atoms with van der Waals surface area (Å²) in [5.41, 5.74) is 0.267. The predicted octanol–water partition coefficient (Wildman–Crippen LogP) is 1.34. The molecule has 1 saturated heterocycles. The highest BCUT2D eigenvalue weighted by Crippen LogP contribution is 2.31. The van der Waals surface area contributed by atoms with Crippen LogP contribution in [0.25, 0.3) is 10.2 Å².